The Labute approximate surface area is 177 Å². The normalized spacial score (nSPS) is 19.7. The highest BCUT2D eigenvalue weighted by molar-refractivity contribution is 14.0. The van der Waals surface area contributed by atoms with Gasteiger partial charge in [-0.1, -0.05) is 24.6 Å². The average molecular weight is 496 g/mol. The van der Waals surface area contributed by atoms with Gasteiger partial charge >= 0.3 is 5.97 Å². The number of esters is 1. The maximum Gasteiger partial charge on any atom is 0.310 e. The molecule has 0 spiro atoms. The molecule has 0 bridgehead atoms. The predicted octanol–water partition coefficient (Wildman–Crippen LogP) is 3.17. The van der Waals surface area contributed by atoms with Crippen molar-refractivity contribution in [2.45, 2.75) is 20.4 Å². The highest BCUT2D eigenvalue weighted by Crippen LogP contribution is 2.26. The molecule has 0 aliphatic carbocycles. The summed E-state index contributed by atoms with van der Waals surface area (Å²) in [6.07, 6.45) is 0. The molecule has 0 saturated carbocycles. The number of rotatable bonds is 5. The molecular weight excluding hydrogens is 469 g/mol. The second kappa shape index (κ2) is 10.8. The molecule has 1 heterocycles. The zero-order chi connectivity index (χ0) is 18.4. The van der Waals surface area contributed by atoms with Gasteiger partial charge in [-0.05, 0) is 25.0 Å². The second-order valence-electron chi connectivity index (χ2n) is 6.14. The van der Waals surface area contributed by atoms with Gasteiger partial charge in [-0.3, -0.25) is 4.79 Å². The van der Waals surface area contributed by atoms with Gasteiger partial charge in [0.05, 0.1) is 26.7 Å². The highest BCUT2D eigenvalue weighted by atomic mass is 127. The molecule has 1 aromatic carbocycles. The highest BCUT2D eigenvalue weighted by Gasteiger charge is 2.36. The Morgan fingerprint density at radius 1 is 1.38 bits per heavy atom. The zero-order valence-corrected chi connectivity index (χ0v) is 18.7. The maximum atomic E-state index is 11.9. The lowest BCUT2D eigenvalue weighted by Crippen LogP contribution is -2.40. The number of carbonyl (C=O) groups excluding carboxylic acids is 1. The standard InChI is InChI=1S/C18H26ClN3O3.HI/c1-5-20-18(22-10-12(2)15(11-22)17(23)25-4)21-9-13-6-7-14(19)8-16(13)24-3;/h6-8,12,15H,5,9-11H2,1-4H3,(H,20,21);1H. The summed E-state index contributed by atoms with van der Waals surface area (Å²) < 4.78 is 10.3. The smallest absolute Gasteiger partial charge is 0.310 e. The quantitative estimate of drug-likeness (QED) is 0.294. The van der Waals surface area contributed by atoms with Gasteiger partial charge in [-0.2, -0.15) is 0 Å². The van der Waals surface area contributed by atoms with E-state index in [4.69, 9.17) is 26.1 Å². The number of nitrogens with one attached hydrogen (secondary N) is 1. The number of benzene rings is 1. The number of likely N-dealkylation sites (tertiary alicyclic amines) is 1. The fourth-order valence-corrected chi connectivity index (χ4v) is 3.19. The Kier molecular flexibility index (Phi) is 9.49. The molecule has 0 radical (unpaired) electrons. The Morgan fingerprint density at radius 3 is 2.73 bits per heavy atom. The molecule has 0 amide bonds. The van der Waals surface area contributed by atoms with Gasteiger partial charge in [0.25, 0.3) is 0 Å². The Morgan fingerprint density at radius 2 is 2.12 bits per heavy atom. The SMILES string of the molecule is CCNC(=NCc1ccc(Cl)cc1OC)N1CC(C)C(C(=O)OC)C1.I. The fraction of sp³-hybridized carbons (Fsp3) is 0.556. The molecule has 8 heteroatoms. The van der Waals surface area contributed by atoms with Crippen LogP contribution in [0.2, 0.25) is 5.02 Å². The third-order valence-electron chi connectivity index (χ3n) is 4.40. The summed E-state index contributed by atoms with van der Waals surface area (Å²) in [6, 6.07) is 5.52. The van der Waals surface area contributed by atoms with Gasteiger partial charge in [0.15, 0.2) is 5.96 Å². The average Bonchev–Trinajstić information content (AvgIpc) is 3.00. The number of carbonyl (C=O) groups is 1. The van der Waals surface area contributed by atoms with Crippen LogP contribution in [0.5, 0.6) is 5.75 Å². The van der Waals surface area contributed by atoms with Gasteiger partial charge in [-0.15, -0.1) is 24.0 Å². The predicted molar refractivity (Wildman–Crippen MR) is 114 cm³/mol. The summed E-state index contributed by atoms with van der Waals surface area (Å²) >= 11 is 6.01. The van der Waals surface area contributed by atoms with Crippen LogP contribution < -0.4 is 10.1 Å². The van der Waals surface area contributed by atoms with Crippen LogP contribution in [-0.2, 0) is 16.1 Å². The number of hydrogen-bond acceptors (Lipinski definition) is 4. The van der Waals surface area contributed by atoms with Crippen molar-refractivity contribution < 1.29 is 14.3 Å². The zero-order valence-electron chi connectivity index (χ0n) is 15.6. The Hall–Kier alpha value is -1.22. The second-order valence-corrected chi connectivity index (χ2v) is 6.57. The minimum Gasteiger partial charge on any atom is -0.496 e. The Bertz CT molecular complexity index is 642. The monoisotopic (exact) mass is 495 g/mol. The summed E-state index contributed by atoms with van der Waals surface area (Å²) in [5, 5.41) is 3.93. The van der Waals surface area contributed by atoms with E-state index in [0.29, 0.717) is 23.9 Å². The van der Waals surface area contributed by atoms with E-state index in [1.54, 1.807) is 13.2 Å². The van der Waals surface area contributed by atoms with Gasteiger partial charge < -0.3 is 19.7 Å². The van der Waals surface area contributed by atoms with E-state index in [1.165, 1.54) is 7.11 Å². The van der Waals surface area contributed by atoms with Crippen LogP contribution in [-0.4, -0.2) is 50.7 Å². The minimum atomic E-state index is -0.162. The van der Waals surface area contributed by atoms with Crippen LogP contribution in [0.1, 0.15) is 19.4 Å². The summed E-state index contributed by atoms with van der Waals surface area (Å²) in [5.41, 5.74) is 0.957. The van der Waals surface area contributed by atoms with E-state index < -0.39 is 0 Å². The van der Waals surface area contributed by atoms with Gasteiger partial charge in [0.2, 0.25) is 0 Å². The molecule has 0 aromatic heterocycles. The van der Waals surface area contributed by atoms with Crippen molar-refractivity contribution >= 4 is 47.5 Å². The van der Waals surface area contributed by atoms with E-state index >= 15 is 0 Å². The van der Waals surface area contributed by atoms with Crippen LogP contribution in [0.15, 0.2) is 23.2 Å². The van der Waals surface area contributed by atoms with Crippen LogP contribution in [0.3, 0.4) is 0 Å². The van der Waals surface area contributed by atoms with Crippen molar-refractivity contribution in [3.63, 3.8) is 0 Å². The fourth-order valence-electron chi connectivity index (χ4n) is 3.03. The molecule has 2 unspecified atom stereocenters. The molecule has 1 fully saturated rings. The lowest BCUT2D eigenvalue weighted by atomic mass is 9.99. The van der Waals surface area contributed by atoms with Gasteiger partial charge in [0.1, 0.15) is 5.75 Å². The molecule has 146 valence electrons. The van der Waals surface area contributed by atoms with E-state index in [-0.39, 0.29) is 41.8 Å². The van der Waals surface area contributed by atoms with E-state index in [0.717, 1.165) is 24.6 Å². The summed E-state index contributed by atoms with van der Waals surface area (Å²) in [7, 11) is 3.05. The van der Waals surface area contributed by atoms with Crippen LogP contribution >= 0.6 is 35.6 Å². The molecule has 6 nitrogen and oxygen atoms in total. The molecule has 2 rings (SSSR count). The van der Waals surface area contributed by atoms with Crippen molar-refractivity contribution in [2.24, 2.45) is 16.8 Å². The third kappa shape index (κ3) is 5.64. The van der Waals surface area contributed by atoms with Crippen molar-refractivity contribution in [1.29, 1.82) is 0 Å². The van der Waals surface area contributed by atoms with Crippen LogP contribution in [0.4, 0.5) is 0 Å². The van der Waals surface area contributed by atoms with Crippen molar-refractivity contribution in [3.8, 4) is 5.75 Å². The van der Waals surface area contributed by atoms with E-state index in [1.807, 2.05) is 19.1 Å². The van der Waals surface area contributed by atoms with Gasteiger partial charge in [0, 0.05) is 30.2 Å². The lowest BCUT2D eigenvalue weighted by Gasteiger charge is -2.21. The Balaban J connectivity index is 0.00000338. The van der Waals surface area contributed by atoms with Crippen molar-refractivity contribution in [1.82, 2.24) is 10.2 Å². The number of nitrogens with zero attached hydrogens (tertiary/aromatic N) is 2. The molecule has 1 N–H and O–H groups in total. The first kappa shape index (κ1) is 22.8. The number of methoxy groups -OCH3 is 2. The number of halogens is 2. The van der Waals surface area contributed by atoms with Gasteiger partial charge in [-0.25, -0.2) is 4.99 Å². The van der Waals surface area contributed by atoms with Crippen LogP contribution in [0, 0.1) is 11.8 Å². The summed E-state index contributed by atoms with van der Waals surface area (Å²) in [4.78, 5) is 18.7. The number of guanidine groups is 1. The first-order chi connectivity index (χ1) is 12.0. The first-order valence-electron chi connectivity index (χ1n) is 8.43. The lowest BCUT2D eigenvalue weighted by molar-refractivity contribution is -0.145. The third-order valence-corrected chi connectivity index (χ3v) is 4.63. The van der Waals surface area contributed by atoms with E-state index in [2.05, 4.69) is 17.1 Å². The molecule has 1 aromatic rings. The van der Waals surface area contributed by atoms with Crippen molar-refractivity contribution in [3.05, 3.63) is 28.8 Å². The molecule has 1 aliphatic heterocycles. The molecule has 26 heavy (non-hydrogen) atoms. The number of aliphatic imine (C=N–C) groups is 1. The molecule has 1 saturated heterocycles. The first-order valence-corrected chi connectivity index (χ1v) is 8.81. The largest absolute Gasteiger partial charge is 0.496 e. The summed E-state index contributed by atoms with van der Waals surface area (Å²) in [6.45, 7) is 6.69. The molecule has 1 aliphatic rings. The summed E-state index contributed by atoms with van der Waals surface area (Å²) in [5.74, 6) is 1.44. The molecular formula is C18H27ClIN3O3. The van der Waals surface area contributed by atoms with Crippen LogP contribution in [0.25, 0.3) is 0 Å². The number of ether oxygens (including phenoxy) is 2. The maximum absolute atomic E-state index is 11.9. The minimum absolute atomic E-state index is 0. The number of hydrogen-bond donors (Lipinski definition) is 1. The molecule has 2 atom stereocenters. The topological polar surface area (TPSA) is 63.2 Å². The van der Waals surface area contributed by atoms with Crippen molar-refractivity contribution in [2.75, 3.05) is 33.9 Å². The van der Waals surface area contributed by atoms with E-state index in [9.17, 15) is 4.79 Å².